The minimum Gasteiger partial charge on any atom is -0.310 e. The van der Waals surface area contributed by atoms with Crippen molar-refractivity contribution in [1.82, 2.24) is 0 Å². The minimum absolute atomic E-state index is 0.0890. The summed E-state index contributed by atoms with van der Waals surface area (Å²) in [7, 11) is -3.67. The van der Waals surface area contributed by atoms with Crippen molar-refractivity contribution in [3.63, 3.8) is 0 Å². The van der Waals surface area contributed by atoms with E-state index in [2.05, 4.69) is 6.92 Å². The van der Waals surface area contributed by atoms with Crippen LogP contribution in [-0.2, 0) is 10.7 Å². The van der Waals surface area contributed by atoms with Crippen LogP contribution >= 0.6 is 7.14 Å². The van der Waals surface area contributed by atoms with E-state index < -0.39 is 30.0 Å². The third-order valence-electron chi connectivity index (χ3n) is 4.54. The highest BCUT2D eigenvalue weighted by atomic mass is 31.2. The summed E-state index contributed by atoms with van der Waals surface area (Å²) in [6.45, 7) is 2.08. The molecular formula is C21H24F3O2P. The number of halogens is 3. The highest BCUT2D eigenvalue weighted by Crippen LogP contribution is 2.50. The third-order valence-corrected chi connectivity index (χ3v) is 7.52. The Bertz CT molecular complexity index is 801. The van der Waals surface area contributed by atoms with Gasteiger partial charge in [-0.25, -0.2) is 0 Å². The fraction of sp³-hybridized carbons (Fsp3) is 0.381. The first kappa shape index (κ1) is 21.4. The van der Waals surface area contributed by atoms with Gasteiger partial charge in [-0.2, -0.15) is 13.2 Å². The van der Waals surface area contributed by atoms with Crippen molar-refractivity contribution in [3.05, 3.63) is 65.7 Å². The quantitative estimate of drug-likeness (QED) is 0.358. The summed E-state index contributed by atoms with van der Waals surface area (Å²) < 4.78 is 53.8. The van der Waals surface area contributed by atoms with Gasteiger partial charge in [0.2, 0.25) is 5.52 Å². The van der Waals surface area contributed by atoms with Gasteiger partial charge in [0.15, 0.2) is 7.14 Å². The Morgan fingerprint density at radius 2 is 1.48 bits per heavy atom. The Hall–Kier alpha value is -1.87. The molecule has 0 N–H and O–H groups in total. The number of hydrogen-bond acceptors (Lipinski definition) is 2. The number of hydrogen-bond donors (Lipinski definition) is 0. The van der Waals surface area contributed by atoms with Crippen LogP contribution in [-0.4, -0.2) is 11.7 Å². The molecule has 0 aliphatic carbocycles. The normalized spacial score (nSPS) is 13.9. The monoisotopic (exact) mass is 396 g/mol. The average molecular weight is 396 g/mol. The van der Waals surface area contributed by atoms with Crippen LogP contribution in [0.15, 0.2) is 54.6 Å². The second-order valence-corrected chi connectivity index (χ2v) is 9.41. The Morgan fingerprint density at radius 1 is 0.889 bits per heavy atom. The highest BCUT2D eigenvalue weighted by molar-refractivity contribution is 7.87. The molecule has 2 aromatic rings. The maximum Gasteiger partial charge on any atom is 0.417 e. The number of rotatable bonds is 9. The summed E-state index contributed by atoms with van der Waals surface area (Å²) in [5.74, 6) is 0. The Morgan fingerprint density at radius 3 is 2.11 bits per heavy atom. The molecular weight excluding hydrogens is 372 g/mol. The summed E-state index contributed by atoms with van der Waals surface area (Å²) in [4.78, 5) is 13.1. The predicted molar refractivity (Wildman–Crippen MR) is 103 cm³/mol. The lowest BCUT2D eigenvalue weighted by atomic mass is 10.1. The van der Waals surface area contributed by atoms with Crippen molar-refractivity contribution in [2.24, 2.45) is 0 Å². The van der Waals surface area contributed by atoms with E-state index in [4.69, 9.17) is 0 Å². The maximum atomic E-state index is 13.7. The molecule has 27 heavy (non-hydrogen) atoms. The molecule has 2 aromatic carbocycles. The summed E-state index contributed by atoms with van der Waals surface area (Å²) in [5, 5.41) is 0.322. The van der Waals surface area contributed by atoms with Crippen LogP contribution in [0, 0.1) is 0 Å². The van der Waals surface area contributed by atoms with Crippen LogP contribution in [0.3, 0.4) is 0 Å². The summed E-state index contributed by atoms with van der Waals surface area (Å²) in [6.07, 6.45) is -0.182. The molecule has 146 valence electrons. The zero-order chi connectivity index (χ0) is 19.9. The van der Waals surface area contributed by atoms with Crippen molar-refractivity contribution < 1.29 is 22.5 Å². The molecule has 0 aliphatic rings. The molecule has 0 bridgehead atoms. The van der Waals surface area contributed by atoms with Crippen molar-refractivity contribution in [1.29, 1.82) is 0 Å². The van der Waals surface area contributed by atoms with E-state index in [9.17, 15) is 22.5 Å². The summed E-state index contributed by atoms with van der Waals surface area (Å²) >= 11 is 0. The predicted octanol–water partition coefficient (Wildman–Crippen LogP) is 6.50. The van der Waals surface area contributed by atoms with Gasteiger partial charge in [0.1, 0.15) is 0 Å². The van der Waals surface area contributed by atoms with Crippen molar-refractivity contribution in [3.8, 4) is 0 Å². The molecule has 0 saturated heterocycles. The molecule has 2 rings (SSSR count). The number of carbonyl (C=O) groups is 1. The van der Waals surface area contributed by atoms with E-state index in [1.165, 1.54) is 12.1 Å². The molecule has 0 spiro atoms. The molecule has 1 unspecified atom stereocenters. The smallest absolute Gasteiger partial charge is 0.310 e. The van der Waals surface area contributed by atoms with Crippen LogP contribution in [0.25, 0.3) is 0 Å². The van der Waals surface area contributed by atoms with Crippen LogP contribution in [0.1, 0.15) is 54.9 Å². The number of carbonyl (C=O) groups excluding carboxylic acids is 1. The molecule has 0 radical (unpaired) electrons. The first-order chi connectivity index (χ1) is 12.8. The molecule has 6 heteroatoms. The lowest BCUT2D eigenvalue weighted by Crippen LogP contribution is -2.19. The number of alkyl halides is 3. The zero-order valence-corrected chi connectivity index (χ0v) is 16.2. The van der Waals surface area contributed by atoms with E-state index >= 15 is 0 Å². The molecule has 0 amide bonds. The van der Waals surface area contributed by atoms with Crippen molar-refractivity contribution in [2.75, 3.05) is 6.16 Å². The Labute approximate surface area is 158 Å². The Kier molecular flexibility index (Phi) is 7.43. The molecule has 0 aliphatic heterocycles. The van der Waals surface area contributed by atoms with E-state index in [0.29, 0.717) is 11.7 Å². The van der Waals surface area contributed by atoms with E-state index in [1.807, 2.05) is 0 Å². The second-order valence-electron chi connectivity index (χ2n) is 6.56. The standard InChI is InChI=1S/C21H24F3O2P/c1-2-3-4-5-11-16-27(26,17-12-7-6-8-13-17)20(25)18-14-9-10-15-19(18)21(22,23)24/h6-10,12-15H,2-5,11,16H2,1H3. The van der Waals surface area contributed by atoms with Gasteiger partial charge < -0.3 is 4.57 Å². The molecule has 0 aromatic heterocycles. The van der Waals surface area contributed by atoms with Gasteiger partial charge in [-0.15, -0.1) is 0 Å². The lowest BCUT2D eigenvalue weighted by Gasteiger charge is -2.20. The second kappa shape index (κ2) is 9.36. The van der Waals surface area contributed by atoms with E-state index in [-0.39, 0.29) is 6.16 Å². The highest BCUT2D eigenvalue weighted by Gasteiger charge is 2.40. The number of benzene rings is 2. The molecule has 0 heterocycles. The van der Waals surface area contributed by atoms with Gasteiger partial charge in [-0.1, -0.05) is 81.1 Å². The average Bonchev–Trinajstić information content (AvgIpc) is 2.67. The van der Waals surface area contributed by atoms with Crippen LogP contribution in [0.4, 0.5) is 13.2 Å². The van der Waals surface area contributed by atoms with Gasteiger partial charge in [-0.3, -0.25) is 4.79 Å². The summed E-state index contributed by atoms with van der Waals surface area (Å²) in [6, 6.07) is 12.8. The molecule has 0 saturated carbocycles. The fourth-order valence-electron chi connectivity index (χ4n) is 3.07. The van der Waals surface area contributed by atoms with E-state index in [1.54, 1.807) is 30.3 Å². The maximum absolute atomic E-state index is 13.7. The van der Waals surface area contributed by atoms with Crippen LogP contribution in [0.5, 0.6) is 0 Å². The van der Waals surface area contributed by atoms with E-state index in [0.717, 1.165) is 37.8 Å². The van der Waals surface area contributed by atoms with Gasteiger partial charge in [0.05, 0.1) is 5.56 Å². The number of unbranched alkanes of at least 4 members (excludes halogenated alkanes) is 4. The minimum atomic E-state index is -4.67. The van der Waals surface area contributed by atoms with Gasteiger partial charge >= 0.3 is 6.18 Å². The van der Waals surface area contributed by atoms with Crippen LogP contribution < -0.4 is 5.30 Å². The van der Waals surface area contributed by atoms with Gasteiger partial charge in [-0.05, 0) is 12.5 Å². The first-order valence-corrected chi connectivity index (χ1v) is 11.1. The van der Waals surface area contributed by atoms with Crippen LogP contribution in [0.2, 0.25) is 0 Å². The SMILES string of the molecule is CCCCCCCP(=O)(C(=O)c1ccccc1C(F)(F)F)c1ccccc1. The fourth-order valence-corrected chi connectivity index (χ4v) is 5.67. The lowest BCUT2D eigenvalue weighted by molar-refractivity contribution is -0.137. The first-order valence-electron chi connectivity index (χ1n) is 9.16. The topological polar surface area (TPSA) is 34.1 Å². The molecule has 1 atom stereocenters. The largest absolute Gasteiger partial charge is 0.417 e. The van der Waals surface area contributed by atoms with Crippen molar-refractivity contribution >= 4 is 18.0 Å². The Balaban J connectivity index is 2.40. The summed E-state index contributed by atoms with van der Waals surface area (Å²) in [5.41, 5.74) is -2.44. The third kappa shape index (κ3) is 5.32. The zero-order valence-electron chi connectivity index (χ0n) is 15.3. The molecule has 0 fully saturated rings. The van der Waals surface area contributed by atoms with Gasteiger partial charge in [0, 0.05) is 17.0 Å². The van der Waals surface area contributed by atoms with Crippen molar-refractivity contribution in [2.45, 2.75) is 45.2 Å². The van der Waals surface area contributed by atoms with Gasteiger partial charge in [0.25, 0.3) is 0 Å². The molecule has 2 nitrogen and oxygen atoms in total.